The molecule has 0 amide bonds. The topological polar surface area (TPSA) is 40.5 Å². The lowest BCUT2D eigenvalue weighted by molar-refractivity contribution is 0.0935. The summed E-state index contributed by atoms with van der Waals surface area (Å²) < 4.78 is 12.9. The lowest BCUT2D eigenvalue weighted by Gasteiger charge is -2.09. The molecule has 0 fully saturated rings. The maximum Gasteiger partial charge on any atom is 0.167 e. The molecule has 2 aromatic carbocycles. The Hall–Kier alpha value is -2.75. The summed E-state index contributed by atoms with van der Waals surface area (Å²) in [5.41, 5.74) is 4.20. The Bertz CT molecular complexity index is 971. The summed E-state index contributed by atoms with van der Waals surface area (Å²) in [7, 11) is 5.28. The number of Topliss-reactive ketones (excluding diaryl/α,β-unsaturated/α-hetero) is 1. The van der Waals surface area contributed by atoms with Gasteiger partial charge >= 0.3 is 0 Å². The normalized spacial score (nSPS) is 16.3. The number of hydrogen-bond donors (Lipinski definition) is 0. The Morgan fingerprint density at radius 1 is 1.08 bits per heavy atom. The van der Waals surface area contributed by atoms with Gasteiger partial charge < -0.3 is 14.0 Å². The molecule has 1 unspecified atom stereocenters. The quantitative estimate of drug-likeness (QED) is 0.728. The van der Waals surface area contributed by atoms with Crippen LogP contribution in [0.15, 0.2) is 42.5 Å². The molecule has 4 nitrogen and oxygen atoms in total. The van der Waals surface area contributed by atoms with Crippen molar-refractivity contribution in [2.45, 2.75) is 12.8 Å². The molecule has 0 N–H and O–H groups in total. The number of methoxy groups -OCH3 is 2. The highest BCUT2D eigenvalue weighted by molar-refractivity contribution is 6.03. The van der Waals surface area contributed by atoms with E-state index in [9.17, 15) is 4.79 Å². The number of rotatable bonds is 4. The highest BCUT2D eigenvalue weighted by atomic mass is 16.5. The average molecular weight is 335 g/mol. The number of ether oxygens (including phenoxy) is 2. The molecule has 0 saturated carbocycles. The number of carbonyl (C=O) groups excluding carboxylic acids is 1. The van der Waals surface area contributed by atoms with E-state index in [2.05, 4.69) is 29.8 Å². The van der Waals surface area contributed by atoms with Gasteiger partial charge in [-0.15, -0.1) is 0 Å². The van der Waals surface area contributed by atoms with E-state index in [0.29, 0.717) is 11.5 Å². The lowest BCUT2D eigenvalue weighted by atomic mass is 9.99. The molecule has 4 heteroatoms. The molecule has 1 aliphatic carbocycles. The molecular weight excluding hydrogens is 314 g/mol. The zero-order valence-electron chi connectivity index (χ0n) is 14.7. The van der Waals surface area contributed by atoms with Crippen LogP contribution in [-0.2, 0) is 19.9 Å². The average Bonchev–Trinajstić information content (AvgIpc) is 3.11. The Morgan fingerprint density at radius 3 is 2.52 bits per heavy atom. The molecule has 0 saturated heterocycles. The van der Waals surface area contributed by atoms with Crippen LogP contribution >= 0.6 is 0 Å². The van der Waals surface area contributed by atoms with Crippen molar-refractivity contribution in [3.05, 3.63) is 59.3 Å². The van der Waals surface area contributed by atoms with Crippen LogP contribution < -0.4 is 9.47 Å². The lowest BCUT2D eigenvalue weighted by Crippen LogP contribution is -2.14. The van der Waals surface area contributed by atoms with E-state index in [1.165, 1.54) is 16.6 Å². The zero-order valence-corrected chi connectivity index (χ0v) is 14.7. The second-order valence-corrected chi connectivity index (χ2v) is 6.59. The number of ketones is 1. The Labute approximate surface area is 147 Å². The van der Waals surface area contributed by atoms with Gasteiger partial charge in [0, 0.05) is 29.7 Å². The van der Waals surface area contributed by atoms with Gasteiger partial charge in [-0.2, -0.15) is 0 Å². The maximum absolute atomic E-state index is 12.9. The standard InChI is InChI=1S/C21H21NO3/c1-22-16(9-13-6-4-5-7-18(13)22)10-15-8-14-11-19(24-2)20(25-3)12-17(14)21(15)23/h4-7,9,11-12,15H,8,10H2,1-3H3. The van der Waals surface area contributed by atoms with Crippen LogP contribution in [0.25, 0.3) is 10.9 Å². The van der Waals surface area contributed by atoms with Crippen LogP contribution in [0.3, 0.4) is 0 Å². The summed E-state index contributed by atoms with van der Waals surface area (Å²) in [4.78, 5) is 12.9. The maximum atomic E-state index is 12.9. The Kier molecular flexibility index (Phi) is 3.75. The summed E-state index contributed by atoms with van der Waals surface area (Å²) in [5.74, 6) is 1.45. The number of nitrogens with zero attached hydrogens (tertiary/aromatic N) is 1. The predicted molar refractivity (Wildman–Crippen MR) is 97.7 cm³/mol. The van der Waals surface area contributed by atoms with Gasteiger partial charge in [-0.05, 0) is 48.1 Å². The molecule has 4 rings (SSSR count). The molecule has 25 heavy (non-hydrogen) atoms. The zero-order chi connectivity index (χ0) is 17.6. The SMILES string of the molecule is COc1cc2c(cc1OC)C(=O)C(Cc1cc3ccccc3n1C)C2. The van der Waals surface area contributed by atoms with E-state index in [1.807, 2.05) is 24.3 Å². The Morgan fingerprint density at radius 2 is 1.80 bits per heavy atom. The fraction of sp³-hybridized carbons (Fsp3) is 0.286. The molecule has 0 radical (unpaired) electrons. The third-order valence-electron chi connectivity index (χ3n) is 5.22. The molecule has 128 valence electrons. The highest BCUT2D eigenvalue weighted by Gasteiger charge is 2.32. The van der Waals surface area contributed by atoms with Crippen LogP contribution in [0.2, 0.25) is 0 Å². The van der Waals surface area contributed by atoms with Gasteiger partial charge in [0.1, 0.15) is 0 Å². The van der Waals surface area contributed by atoms with Gasteiger partial charge in [-0.1, -0.05) is 18.2 Å². The highest BCUT2D eigenvalue weighted by Crippen LogP contribution is 2.38. The van der Waals surface area contributed by atoms with E-state index in [0.717, 1.165) is 24.0 Å². The summed E-state index contributed by atoms with van der Waals surface area (Å²) >= 11 is 0. The monoisotopic (exact) mass is 335 g/mol. The van der Waals surface area contributed by atoms with Crippen LogP contribution in [0.4, 0.5) is 0 Å². The number of benzene rings is 2. The van der Waals surface area contributed by atoms with Crippen molar-refractivity contribution >= 4 is 16.7 Å². The van der Waals surface area contributed by atoms with Crippen molar-refractivity contribution < 1.29 is 14.3 Å². The molecule has 1 atom stereocenters. The number of para-hydroxylation sites is 1. The number of hydrogen-bond acceptors (Lipinski definition) is 3. The van der Waals surface area contributed by atoms with Crippen molar-refractivity contribution in [3.63, 3.8) is 0 Å². The minimum Gasteiger partial charge on any atom is -0.493 e. The van der Waals surface area contributed by atoms with Crippen LogP contribution in [0.1, 0.15) is 21.6 Å². The smallest absolute Gasteiger partial charge is 0.167 e. The molecule has 0 spiro atoms. The van der Waals surface area contributed by atoms with Crippen molar-refractivity contribution in [2.24, 2.45) is 13.0 Å². The minimum absolute atomic E-state index is 0.0326. The van der Waals surface area contributed by atoms with Gasteiger partial charge in [-0.25, -0.2) is 0 Å². The van der Waals surface area contributed by atoms with Gasteiger partial charge in [0.05, 0.1) is 14.2 Å². The second kappa shape index (κ2) is 5.96. The summed E-state index contributed by atoms with van der Waals surface area (Å²) in [6, 6.07) is 14.3. The van der Waals surface area contributed by atoms with Gasteiger partial charge in [0.25, 0.3) is 0 Å². The fourth-order valence-electron chi connectivity index (χ4n) is 3.86. The van der Waals surface area contributed by atoms with Crippen molar-refractivity contribution in [1.29, 1.82) is 0 Å². The van der Waals surface area contributed by atoms with E-state index in [-0.39, 0.29) is 11.7 Å². The number of aromatic nitrogens is 1. The summed E-state index contributed by atoms with van der Waals surface area (Å²) in [5, 5.41) is 1.21. The van der Waals surface area contributed by atoms with Crippen LogP contribution in [0.5, 0.6) is 11.5 Å². The molecule has 1 aliphatic rings. The van der Waals surface area contributed by atoms with Crippen molar-refractivity contribution in [3.8, 4) is 11.5 Å². The molecule has 3 aromatic rings. The number of carbonyl (C=O) groups is 1. The molecule has 1 aromatic heterocycles. The van der Waals surface area contributed by atoms with Gasteiger partial charge in [0.2, 0.25) is 0 Å². The van der Waals surface area contributed by atoms with E-state index < -0.39 is 0 Å². The predicted octanol–water partition coefficient (Wildman–Crippen LogP) is 3.79. The molecule has 1 heterocycles. The first-order chi connectivity index (χ1) is 12.1. The first-order valence-electron chi connectivity index (χ1n) is 8.44. The van der Waals surface area contributed by atoms with E-state index in [4.69, 9.17) is 9.47 Å². The van der Waals surface area contributed by atoms with Crippen molar-refractivity contribution in [2.75, 3.05) is 14.2 Å². The fourth-order valence-corrected chi connectivity index (χ4v) is 3.86. The third-order valence-corrected chi connectivity index (χ3v) is 5.22. The summed E-state index contributed by atoms with van der Waals surface area (Å²) in [6.07, 6.45) is 1.49. The van der Waals surface area contributed by atoms with Crippen LogP contribution in [0, 0.1) is 5.92 Å². The van der Waals surface area contributed by atoms with Crippen LogP contribution in [-0.4, -0.2) is 24.6 Å². The summed E-state index contributed by atoms with van der Waals surface area (Å²) in [6.45, 7) is 0. The first kappa shape index (κ1) is 15.8. The molecular formula is C21H21NO3. The molecule has 0 aliphatic heterocycles. The van der Waals surface area contributed by atoms with Gasteiger partial charge in [0.15, 0.2) is 17.3 Å². The first-order valence-corrected chi connectivity index (χ1v) is 8.44. The second-order valence-electron chi connectivity index (χ2n) is 6.59. The Balaban J connectivity index is 1.66. The van der Waals surface area contributed by atoms with Gasteiger partial charge in [-0.3, -0.25) is 4.79 Å². The largest absolute Gasteiger partial charge is 0.493 e. The van der Waals surface area contributed by atoms with E-state index in [1.54, 1.807) is 14.2 Å². The molecule has 0 bridgehead atoms. The number of aryl methyl sites for hydroxylation is 1. The third kappa shape index (κ3) is 2.49. The number of fused-ring (bicyclic) bond motifs is 2. The minimum atomic E-state index is -0.0326. The van der Waals surface area contributed by atoms with E-state index >= 15 is 0 Å². The van der Waals surface area contributed by atoms with Crippen molar-refractivity contribution in [1.82, 2.24) is 4.57 Å².